The van der Waals surface area contributed by atoms with E-state index in [1.165, 1.54) is 37.2 Å². The van der Waals surface area contributed by atoms with Gasteiger partial charge in [0, 0.05) is 62.7 Å². The Hall–Kier alpha value is -8.51. The molecule has 6 saturated heterocycles. The molecule has 0 saturated carbocycles. The minimum atomic E-state index is -0.750. The fourth-order valence-corrected chi connectivity index (χ4v) is 11.5. The summed E-state index contributed by atoms with van der Waals surface area (Å²) in [5, 5.41) is 16.2. The number of ether oxygens (including phenoxy) is 8. The van der Waals surface area contributed by atoms with Gasteiger partial charge in [0.15, 0.2) is 0 Å². The van der Waals surface area contributed by atoms with E-state index >= 15 is 0 Å². The number of aryl methyl sites for hydroxylation is 3. The second-order valence-corrected chi connectivity index (χ2v) is 25.7. The monoisotopic (exact) mass is 1450 g/mol. The molecule has 6 fully saturated rings. The van der Waals surface area contributed by atoms with E-state index < -0.39 is 34.7 Å². The summed E-state index contributed by atoms with van der Waals surface area (Å²) in [7, 11) is 0. The van der Waals surface area contributed by atoms with Crippen LogP contribution >= 0.6 is 0 Å². The van der Waals surface area contributed by atoms with Crippen LogP contribution in [0.15, 0.2) is 73.6 Å². The molecule has 6 unspecified atom stereocenters. The molecule has 3 aromatic carbocycles. The van der Waals surface area contributed by atoms with E-state index in [0.717, 1.165) is 79.9 Å². The van der Waals surface area contributed by atoms with Crippen molar-refractivity contribution in [2.45, 2.75) is 181 Å². The number of hydrogen-bond acceptors (Lipinski definition) is 27. The SMILES string of the molecule is CC(C)(C)OC=O.Cc1ccc(Nc2ncnc(OC3CC4COCC(C3)N4)c2C)c(F)c1.Cc1ccc(Nc2ncnc(OC3CC4COCC(C3)N4)c2C)c(F)c1.Cc1ccc(Nc2ncnc(OC3CC4COCC(C3)N4C(=O)OC(C)C)c2C)c(F)c1.O=S=O.O=S=O.O=S=O. The summed E-state index contributed by atoms with van der Waals surface area (Å²) in [4.78, 5) is 49.6. The number of anilines is 6. The maximum atomic E-state index is 14.3. The number of carbonyl (C=O) groups excluding carboxylic acids is 2. The molecule has 6 aromatic rings. The lowest BCUT2D eigenvalue weighted by atomic mass is 9.92. The normalized spacial score (nSPS) is 21.3. The Bertz CT molecular complexity index is 3580. The molecule has 6 atom stereocenters. The van der Waals surface area contributed by atoms with Gasteiger partial charge in [-0.25, -0.2) is 47.9 Å². The average Bonchev–Trinajstić information content (AvgIpc) is 0.792. The van der Waals surface area contributed by atoms with Crippen LogP contribution in [-0.2, 0) is 63.2 Å². The lowest BCUT2D eigenvalue weighted by molar-refractivity contribution is -0.138. The molecule has 0 aliphatic carbocycles. The van der Waals surface area contributed by atoms with Crippen LogP contribution in [-0.4, -0.2) is 179 Å². The summed E-state index contributed by atoms with van der Waals surface area (Å²) in [6, 6.07) is 16.2. The molecule has 100 heavy (non-hydrogen) atoms. The Morgan fingerprint density at radius 3 is 1.09 bits per heavy atom. The zero-order chi connectivity index (χ0) is 73.1. The summed E-state index contributed by atoms with van der Waals surface area (Å²) in [5.74, 6) is 2.15. The van der Waals surface area contributed by atoms with Crippen molar-refractivity contribution in [3.63, 3.8) is 0 Å². The highest BCUT2D eigenvalue weighted by atomic mass is 32.1. The number of morpholine rings is 3. The Labute approximate surface area is 588 Å². The number of benzene rings is 3. The molecule has 1 amide bonds. The minimum absolute atomic E-state index is 0.0905. The van der Waals surface area contributed by atoms with E-state index in [2.05, 4.69) is 61.2 Å². The second-order valence-electron chi connectivity index (χ2n) is 25.3. The van der Waals surface area contributed by atoms with Gasteiger partial charge in [-0.05, 0) is 129 Å². The molecule has 9 heterocycles. The van der Waals surface area contributed by atoms with Crippen LogP contribution in [0, 0.1) is 59.0 Å². The van der Waals surface area contributed by atoms with Crippen LogP contribution in [0.5, 0.6) is 17.6 Å². The molecule has 0 spiro atoms. The third-order valence-electron chi connectivity index (χ3n) is 15.9. The predicted molar refractivity (Wildman–Crippen MR) is 363 cm³/mol. The first-order chi connectivity index (χ1) is 47.8. The van der Waals surface area contributed by atoms with Gasteiger partial charge in [-0.2, -0.15) is 25.3 Å². The number of nitrogens with one attached hydrogen (secondary N) is 5. The molecule has 544 valence electrons. The van der Waals surface area contributed by atoms with Crippen molar-refractivity contribution < 1.29 is 85.9 Å². The van der Waals surface area contributed by atoms with Crippen molar-refractivity contribution in [1.82, 2.24) is 45.4 Å². The number of rotatable bonds is 14. The third kappa shape index (κ3) is 25.3. The zero-order valence-electron chi connectivity index (χ0n) is 57.3. The van der Waals surface area contributed by atoms with Crippen LogP contribution in [0.1, 0.15) is 107 Å². The number of carbonyl (C=O) groups is 2. The molecule has 6 aliphatic heterocycles. The summed E-state index contributed by atoms with van der Waals surface area (Å²) in [5.41, 5.74) is 5.61. The van der Waals surface area contributed by atoms with Gasteiger partial charge in [0.25, 0.3) is 6.47 Å². The molecule has 3 aromatic heterocycles. The molecule has 34 heteroatoms. The summed E-state index contributed by atoms with van der Waals surface area (Å²) < 4.78 is 138. The van der Waals surface area contributed by atoms with Crippen molar-refractivity contribution in [2.75, 3.05) is 55.6 Å². The number of fused-ring (bicyclic) bond motifs is 6. The number of aromatic nitrogens is 6. The quantitative estimate of drug-likeness (QED) is 0.0635. The third-order valence-corrected chi connectivity index (χ3v) is 15.9. The van der Waals surface area contributed by atoms with Crippen LogP contribution in [0.25, 0.3) is 0 Å². The Morgan fingerprint density at radius 1 is 0.520 bits per heavy atom. The number of nitrogens with zero attached hydrogens (tertiary/aromatic N) is 7. The van der Waals surface area contributed by atoms with Crippen LogP contribution in [0.4, 0.5) is 52.5 Å². The molecule has 12 rings (SSSR count). The maximum absolute atomic E-state index is 14.3. The van der Waals surface area contributed by atoms with Crippen molar-refractivity contribution in [2.24, 2.45) is 0 Å². The molecule has 28 nitrogen and oxygen atoms in total. The van der Waals surface area contributed by atoms with Crippen LogP contribution in [0.2, 0.25) is 0 Å². The van der Waals surface area contributed by atoms with E-state index in [0.29, 0.717) is 114 Å². The highest BCUT2D eigenvalue weighted by Gasteiger charge is 2.44. The largest absolute Gasteiger partial charge is 0.474 e. The summed E-state index contributed by atoms with van der Waals surface area (Å²) in [6.07, 6.45) is 8.63. The van der Waals surface area contributed by atoms with Gasteiger partial charge < -0.3 is 64.5 Å². The van der Waals surface area contributed by atoms with Gasteiger partial charge in [0.2, 0.25) is 17.6 Å². The Kier molecular flexibility index (Phi) is 32.2. The van der Waals surface area contributed by atoms with E-state index in [1.807, 2.05) is 94.4 Å². The van der Waals surface area contributed by atoms with Gasteiger partial charge in [-0.1, -0.05) is 18.2 Å². The number of piperidine rings is 3. The van der Waals surface area contributed by atoms with Gasteiger partial charge in [-0.15, -0.1) is 0 Å². The molecule has 0 radical (unpaired) electrons. The molecular formula is C66H85F3N12O16S3. The van der Waals surface area contributed by atoms with E-state index in [-0.39, 0.29) is 65.6 Å². The highest BCUT2D eigenvalue weighted by Crippen LogP contribution is 2.35. The topological polar surface area (TPSA) is 351 Å². The zero-order valence-corrected chi connectivity index (χ0v) is 59.7. The van der Waals surface area contributed by atoms with Gasteiger partial charge in [0.05, 0.1) is 91.6 Å². The minimum Gasteiger partial charge on any atom is -0.474 e. The summed E-state index contributed by atoms with van der Waals surface area (Å²) in [6.45, 7) is 24.5. The molecule has 6 aliphatic rings. The first-order valence-corrected chi connectivity index (χ1v) is 33.9. The van der Waals surface area contributed by atoms with E-state index in [1.54, 1.807) is 23.1 Å². The first kappa shape index (κ1) is 80.5. The Morgan fingerprint density at radius 2 is 0.820 bits per heavy atom. The van der Waals surface area contributed by atoms with E-state index in [4.69, 9.17) is 58.4 Å². The number of halogens is 3. The van der Waals surface area contributed by atoms with Crippen molar-refractivity contribution in [1.29, 1.82) is 0 Å². The standard InChI is InChI=1S/C23H29FN4O4.2C19H23FN4O2.C5H10O2.3O2S/c1-13(2)31-23(29)28-16-8-18(9-17(28)11-30-10-16)32-22-15(4)21(25-12-26-22)27-20-6-5-14(3)7-19(20)24;2*1-11-3-4-17(16(20)5-11)24-18-12(2)19(22-10-21-18)26-15-6-13-8-25-9-14(7-15)23-13;1-5(2,3)7-4-6;3*1-3-2/h5-7,12-13,16-18H,8-11H2,1-4H3,(H,25,26,27);2*3-5,10,13-15,23H,6-9H2,1-2H3,(H,21,22,24);4H,1-3H3;;;. The smallest absolute Gasteiger partial charge is 0.410 e. The fourth-order valence-electron chi connectivity index (χ4n) is 11.5. The van der Waals surface area contributed by atoms with Gasteiger partial charge >= 0.3 is 40.8 Å². The number of amides is 1. The fraction of sp³-hybridized carbons (Fsp3) is 0.515. The molecule has 6 bridgehead atoms. The second kappa shape index (κ2) is 40.1. The van der Waals surface area contributed by atoms with Crippen molar-refractivity contribution in [3.05, 3.63) is 124 Å². The molecule has 5 N–H and O–H groups in total. The van der Waals surface area contributed by atoms with Crippen LogP contribution < -0.4 is 40.8 Å². The maximum Gasteiger partial charge on any atom is 0.410 e. The average molecular weight is 1460 g/mol. The lowest BCUT2D eigenvalue weighted by Gasteiger charge is -2.47. The van der Waals surface area contributed by atoms with Crippen molar-refractivity contribution >= 4 is 81.8 Å². The number of hydrogen-bond donors (Lipinski definition) is 5. The van der Waals surface area contributed by atoms with E-state index in [9.17, 15) is 22.8 Å². The molecular weight excluding hydrogens is 1370 g/mol. The highest BCUT2D eigenvalue weighted by molar-refractivity contribution is 7.52. The predicted octanol–water partition coefficient (Wildman–Crippen LogP) is 8.83. The van der Waals surface area contributed by atoms with Crippen LogP contribution in [0.3, 0.4) is 0 Å². The lowest BCUT2D eigenvalue weighted by Crippen LogP contribution is -2.61. The Balaban J connectivity index is 0.000000214. The van der Waals surface area contributed by atoms with Gasteiger partial charge in [0.1, 0.15) is 77.8 Å². The first-order valence-electron chi connectivity index (χ1n) is 31.9. The van der Waals surface area contributed by atoms with Crippen molar-refractivity contribution in [3.8, 4) is 17.6 Å². The summed E-state index contributed by atoms with van der Waals surface area (Å²) >= 11 is -2.25. The van der Waals surface area contributed by atoms with Gasteiger partial charge in [-0.3, -0.25) is 9.69 Å².